The molecule has 37 heavy (non-hydrogen) atoms. The highest BCUT2D eigenvalue weighted by atomic mass is 32.4. The molecule has 6 heteroatoms. The van der Waals surface area contributed by atoms with Crippen LogP contribution in [0.15, 0.2) is 78.9 Å². The van der Waals surface area contributed by atoms with Crippen LogP contribution < -0.4 is 26.1 Å². The standard InChI is InChI=1S/C31H32N2P2S2/c1-6-32(7-2)35(37)28-18-22(4)14-16-26(28)33-25-15-13-21(3)17-27(25)34(5,36)29-19-24(20-30(35)31(29)33)23-11-9-8-10-12-23/h8-20H,6-7H2,1-5H3. The minimum Gasteiger partial charge on any atom is -0.308 e. The first-order chi connectivity index (χ1) is 17.7. The monoisotopic (exact) mass is 558 g/mol. The zero-order chi connectivity index (χ0) is 26.1. The van der Waals surface area contributed by atoms with Gasteiger partial charge in [-0.05, 0) is 68.0 Å². The average Bonchev–Trinajstić information content (AvgIpc) is 2.90. The Morgan fingerprint density at radius 2 is 1.24 bits per heavy atom. The number of anilines is 3. The van der Waals surface area contributed by atoms with Crippen molar-refractivity contribution in [2.45, 2.75) is 27.7 Å². The van der Waals surface area contributed by atoms with Gasteiger partial charge >= 0.3 is 0 Å². The summed E-state index contributed by atoms with van der Waals surface area (Å²) in [6.45, 7) is 13.0. The van der Waals surface area contributed by atoms with Crippen molar-refractivity contribution in [3.05, 3.63) is 90.0 Å². The molecule has 0 saturated heterocycles. The Hall–Kier alpha value is -2.06. The first-order valence-electron chi connectivity index (χ1n) is 12.9. The second-order valence-corrected chi connectivity index (χ2v) is 19.5. The van der Waals surface area contributed by atoms with Crippen molar-refractivity contribution in [2.75, 3.05) is 24.7 Å². The molecule has 6 rings (SSSR count). The summed E-state index contributed by atoms with van der Waals surface area (Å²) >= 11 is 13.5. The van der Waals surface area contributed by atoms with Gasteiger partial charge in [0.15, 0.2) is 0 Å². The lowest BCUT2D eigenvalue weighted by atomic mass is 10.0. The Morgan fingerprint density at radius 3 is 1.86 bits per heavy atom. The molecular formula is C31H32N2P2S2. The summed E-state index contributed by atoms with van der Waals surface area (Å²) in [6.07, 6.45) is -2.30. The van der Waals surface area contributed by atoms with Gasteiger partial charge in [0.25, 0.3) is 0 Å². The molecule has 2 atom stereocenters. The van der Waals surface area contributed by atoms with Crippen LogP contribution in [0, 0.1) is 13.8 Å². The summed E-state index contributed by atoms with van der Waals surface area (Å²) in [7, 11) is 0. The molecule has 188 valence electrons. The van der Waals surface area contributed by atoms with E-state index in [4.69, 9.17) is 23.6 Å². The number of nitrogens with zero attached hydrogens (tertiary/aromatic N) is 2. The fourth-order valence-corrected chi connectivity index (χ4v) is 14.1. The second kappa shape index (κ2) is 9.01. The van der Waals surface area contributed by atoms with Crippen LogP contribution in [0.25, 0.3) is 11.1 Å². The lowest BCUT2D eigenvalue weighted by molar-refractivity contribution is 0.513. The van der Waals surface area contributed by atoms with E-state index in [1.54, 1.807) is 0 Å². The third-order valence-corrected chi connectivity index (χ3v) is 16.8. The molecule has 2 aliphatic rings. The van der Waals surface area contributed by atoms with Crippen LogP contribution in [0.3, 0.4) is 0 Å². The molecule has 0 aromatic heterocycles. The molecule has 4 aromatic carbocycles. The number of fused-ring (bicyclic) bond motifs is 4. The quantitative estimate of drug-likeness (QED) is 0.254. The maximum Gasteiger partial charge on any atom is 0.0751 e. The molecular weight excluding hydrogens is 526 g/mol. The minimum atomic E-state index is -2.30. The van der Waals surface area contributed by atoms with Crippen LogP contribution in [0.2, 0.25) is 0 Å². The predicted octanol–water partition coefficient (Wildman–Crippen LogP) is 6.81. The van der Waals surface area contributed by atoms with Gasteiger partial charge in [0.05, 0.1) is 23.3 Å². The molecule has 0 radical (unpaired) electrons. The molecule has 0 aliphatic carbocycles. The molecule has 0 N–H and O–H groups in total. The highest BCUT2D eigenvalue weighted by Gasteiger charge is 2.45. The lowest BCUT2D eigenvalue weighted by Crippen LogP contribution is -2.45. The summed E-state index contributed by atoms with van der Waals surface area (Å²) in [4.78, 5) is 2.49. The van der Waals surface area contributed by atoms with Crippen LogP contribution in [0.5, 0.6) is 0 Å². The predicted molar refractivity (Wildman–Crippen MR) is 172 cm³/mol. The molecule has 0 spiro atoms. The summed E-state index contributed by atoms with van der Waals surface area (Å²) in [5.41, 5.74) is 8.66. The minimum absolute atomic E-state index is 0.918. The molecule has 0 fully saturated rings. The summed E-state index contributed by atoms with van der Waals surface area (Å²) in [5.74, 6) is 0. The molecule has 2 unspecified atom stereocenters. The lowest BCUT2D eigenvalue weighted by Gasteiger charge is -2.48. The van der Waals surface area contributed by atoms with E-state index in [9.17, 15) is 0 Å². The van der Waals surface area contributed by atoms with Crippen molar-refractivity contribution >= 4 is 74.1 Å². The SMILES string of the molecule is CCN(CC)P1(=S)c2cc(C)ccc2N2c3ccc(C)cc3P(C)(=S)c3cc(-c4ccccc4)cc1c32. The molecule has 0 amide bonds. The zero-order valence-electron chi connectivity index (χ0n) is 22.0. The third kappa shape index (κ3) is 3.61. The second-order valence-electron chi connectivity index (χ2n) is 10.2. The number of hydrogen-bond donors (Lipinski definition) is 0. The number of benzene rings is 4. The Balaban J connectivity index is 1.81. The molecule has 2 heterocycles. The Bertz CT molecular complexity index is 1660. The van der Waals surface area contributed by atoms with Crippen molar-refractivity contribution in [2.24, 2.45) is 0 Å². The van der Waals surface area contributed by atoms with E-state index in [0.29, 0.717) is 0 Å². The van der Waals surface area contributed by atoms with Crippen molar-refractivity contribution in [1.82, 2.24) is 4.67 Å². The van der Waals surface area contributed by atoms with Gasteiger partial charge in [-0.15, -0.1) is 0 Å². The van der Waals surface area contributed by atoms with Gasteiger partial charge in [-0.25, -0.2) is 0 Å². The first-order valence-corrected chi connectivity index (χ1v) is 18.9. The highest BCUT2D eigenvalue weighted by Crippen LogP contribution is 2.62. The Morgan fingerprint density at radius 1 is 0.676 bits per heavy atom. The van der Waals surface area contributed by atoms with Crippen LogP contribution in [0.4, 0.5) is 17.1 Å². The van der Waals surface area contributed by atoms with Gasteiger partial charge in [0.1, 0.15) is 0 Å². The van der Waals surface area contributed by atoms with E-state index in [1.165, 1.54) is 60.5 Å². The van der Waals surface area contributed by atoms with E-state index in [0.717, 1.165) is 13.1 Å². The summed E-state index contributed by atoms with van der Waals surface area (Å²) < 4.78 is 2.55. The molecule has 2 aliphatic heterocycles. The molecule has 4 aromatic rings. The fourth-order valence-electron chi connectivity index (χ4n) is 5.97. The number of aryl methyl sites for hydroxylation is 2. The van der Waals surface area contributed by atoms with Gasteiger partial charge in [0, 0.05) is 40.3 Å². The smallest absolute Gasteiger partial charge is 0.0751 e. The van der Waals surface area contributed by atoms with Crippen molar-refractivity contribution < 1.29 is 0 Å². The normalized spacial score (nSPS) is 21.4. The van der Waals surface area contributed by atoms with Crippen molar-refractivity contribution in [3.63, 3.8) is 0 Å². The van der Waals surface area contributed by atoms with Gasteiger partial charge in [-0.2, -0.15) is 0 Å². The maximum absolute atomic E-state index is 6.92. The largest absolute Gasteiger partial charge is 0.308 e. The third-order valence-electron chi connectivity index (χ3n) is 7.84. The van der Waals surface area contributed by atoms with Gasteiger partial charge < -0.3 is 4.90 Å². The topological polar surface area (TPSA) is 6.48 Å². The highest BCUT2D eigenvalue weighted by molar-refractivity contribution is 8.22. The maximum atomic E-state index is 6.92. The zero-order valence-corrected chi connectivity index (χ0v) is 25.4. The Labute approximate surface area is 231 Å². The van der Waals surface area contributed by atoms with Crippen LogP contribution in [-0.4, -0.2) is 24.4 Å². The van der Waals surface area contributed by atoms with Gasteiger partial charge in [-0.1, -0.05) is 91.1 Å². The van der Waals surface area contributed by atoms with E-state index in [-0.39, 0.29) is 0 Å². The molecule has 2 nitrogen and oxygen atoms in total. The Kier molecular flexibility index (Phi) is 6.14. The average molecular weight is 559 g/mol. The summed E-state index contributed by atoms with van der Waals surface area (Å²) in [6, 6.07) is 27.2. The van der Waals surface area contributed by atoms with E-state index in [2.05, 4.69) is 123 Å². The number of hydrogen-bond acceptors (Lipinski definition) is 3. The van der Waals surface area contributed by atoms with Gasteiger partial charge in [0.2, 0.25) is 0 Å². The van der Waals surface area contributed by atoms with Crippen LogP contribution in [-0.2, 0) is 23.6 Å². The molecule has 0 saturated carbocycles. The van der Waals surface area contributed by atoms with E-state index >= 15 is 0 Å². The fraction of sp³-hybridized carbons (Fsp3) is 0.226. The van der Waals surface area contributed by atoms with Crippen LogP contribution in [0.1, 0.15) is 25.0 Å². The van der Waals surface area contributed by atoms with Gasteiger partial charge in [-0.3, -0.25) is 4.67 Å². The van der Waals surface area contributed by atoms with E-state index < -0.39 is 12.2 Å². The van der Waals surface area contributed by atoms with E-state index in [1.807, 2.05) is 0 Å². The molecule has 0 bridgehead atoms. The van der Waals surface area contributed by atoms with Crippen molar-refractivity contribution in [3.8, 4) is 11.1 Å². The van der Waals surface area contributed by atoms with Crippen LogP contribution >= 0.6 is 12.2 Å². The van der Waals surface area contributed by atoms with Crippen molar-refractivity contribution in [1.29, 1.82) is 0 Å². The first kappa shape index (κ1) is 25.2. The summed E-state index contributed by atoms with van der Waals surface area (Å²) in [5, 5.41) is 5.19. The number of rotatable bonds is 4.